The molecule has 2 aliphatic heterocycles. The molecule has 0 bridgehead atoms. The maximum Gasteiger partial charge on any atom is 0.407 e. The van der Waals surface area contributed by atoms with Crippen molar-refractivity contribution >= 4 is 6.09 Å². The number of benzene rings is 3. The Balaban J connectivity index is 1.32. The number of aliphatic hydroxyl groups is 1. The second-order valence-electron chi connectivity index (χ2n) is 11.2. The van der Waals surface area contributed by atoms with Gasteiger partial charge in [0.25, 0.3) is 0 Å². The van der Waals surface area contributed by atoms with Crippen LogP contribution in [-0.2, 0) is 27.4 Å². The molecule has 7 nitrogen and oxygen atoms in total. The topological polar surface area (TPSA) is 80.3 Å². The summed E-state index contributed by atoms with van der Waals surface area (Å²) < 4.78 is 18.3. The predicted molar refractivity (Wildman–Crippen MR) is 164 cm³/mol. The monoisotopic (exact) mass is 570 g/mol. The summed E-state index contributed by atoms with van der Waals surface area (Å²) >= 11 is 0. The molecular formula is C35H42N2O5. The van der Waals surface area contributed by atoms with Crippen LogP contribution >= 0.6 is 0 Å². The minimum atomic E-state index is -0.482. The molecule has 3 aromatic carbocycles. The van der Waals surface area contributed by atoms with E-state index in [0.717, 1.165) is 53.0 Å². The van der Waals surface area contributed by atoms with Gasteiger partial charge in [0.15, 0.2) is 6.29 Å². The van der Waals surface area contributed by atoms with Gasteiger partial charge in [0.05, 0.1) is 18.8 Å². The highest BCUT2D eigenvalue weighted by Crippen LogP contribution is 2.42. The van der Waals surface area contributed by atoms with E-state index in [9.17, 15) is 9.90 Å². The molecule has 2 fully saturated rings. The summed E-state index contributed by atoms with van der Waals surface area (Å²) in [6, 6.07) is 24.5. The van der Waals surface area contributed by atoms with E-state index in [4.69, 9.17) is 14.2 Å². The Morgan fingerprint density at radius 3 is 2.43 bits per heavy atom. The standard InChI is InChI=1S/C35H42N2O5/c1-3-20-40-35(39)36-22-27-8-7-9-31(21-27)28-14-16-30(17-15-28)34-41-32(23-37-18-5-4-6-19-37)25(2)33(42-34)29-12-10-26(24-38)11-13-29/h3,7-17,21,25,32-34,38H,1,4-6,18-20,22-24H2,2H3,(H,36,39). The van der Waals surface area contributed by atoms with Crippen LogP contribution in [0, 0.1) is 5.92 Å². The molecule has 5 rings (SSSR count). The number of rotatable bonds is 10. The number of carbonyl (C=O) groups excluding carboxylic acids is 1. The minimum absolute atomic E-state index is 0.0265. The van der Waals surface area contributed by atoms with Gasteiger partial charge >= 0.3 is 6.09 Å². The van der Waals surface area contributed by atoms with Crippen molar-refractivity contribution in [2.24, 2.45) is 5.92 Å². The summed E-state index contributed by atoms with van der Waals surface area (Å²) in [6.07, 6.45) is 4.29. The van der Waals surface area contributed by atoms with E-state index >= 15 is 0 Å². The largest absolute Gasteiger partial charge is 0.445 e. The zero-order chi connectivity index (χ0) is 29.3. The number of alkyl carbamates (subject to hydrolysis) is 1. The first-order valence-electron chi connectivity index (χ1n) is 15.0. The molecule has 42 heavy (non-hydrogen) atoms. The summed E-state index contributed by atoms with van der Waals surface area (Å²) in [6.45, 7) is 9.50. The maximum atomic E-state index is 11.8. The fourth-order valence-electron chi connectivity index (χ4n) is 5.78. The third-order valence-corrected chi connectivity index (χ3v) is 8.22. The zero-order valence-electron chi connectivity index (χ0n) is 24.4. The van der Waals surface area contributed by atoms with Gasteiger partial charge in [-0.3, -0.25) is 0 Å². The van der Waals surface area contributed by atoms with E-state index in [1.807, 2.05) is 24.3 Å². The number of aliphatic hydroxyl groups excluding tert-OH is 1. The number of hydrogen-bond donors (Lipinski definition) is 2. The van der Waals surface area contributed by atoms with Gasteiger partial charge in [-0.2, -0.15) is 0 Å². The fraction of sp³-hybridized carbons (Fsp3) is 0.400. The third-order valence-electron chi connectivity index (χ3n) is 8.22. The van der Waals surface area contributed by atoms with Crippen LogP contribution in [0.3, 0.4) is 0 Å². The Kier molecular flexibility index (Phi) is 10.4. The number of likely N-dealkylation sites (tertiary alicyclic amines) is 1. The first-order chi connectivity index (χ1) is 20.5. The average molecular weight is 571 g/mol. The lowest BCUT2D eigenvalue weighted by Gasteiger charge is -2.43. The third kappa shape index (κ3) is 7.66. The SMILES string of the molecule is C=CCOC(=O)NCc1cccc(-c2ccc(C3OC(CN4CCCCC4)C(C)C(c4ccc(CO)cc4)O3)cc2)c1. The highest BCUT2D eigenvalue weighted by molar-refractivity contribution is 5.68. The number of hydrogen-bond acceptors (Lipinski definition) is 6. The lowest BCUT2D eigenvalue weighted by molar-refractivity contribution is -0.276. The quantitative estimate of drug-likeness (QED) is 0.270. The zero-order valence-corrected chi connectivity index (χ0v) is 24.4. The second-order valence-corrected chi connectivity index (χ2v) is 11.2. The number of nitrogens with zero attached hydrogens (tertiary/aromatic N) is 1. The van der Waals surface area contributed by atoms with Gasteiger partial charge < -0.3 is 29.5 Å². The van der Waals surface area contributed by atoms with E-state index < -0.39 is 12.4 Å². The molecule has 4 atom stereocenters. The molecule has 1 amide bonds. The Bertz CT molecular complexity index is 1300. The van der Waals surface area contributed by atoms with E-state index in [2.05, 4.69) is 72.3 Å². The Labute approximate surface area is 249 Å². The van der Waals surface area contributed by atoms with Crippen molar-refractivity contribution in [3.63, 3.8) is 0 Å². The molecule has 0 saturated carbocycles. The van der Waals surface area contributed by atoms with E-state index in [0.29, 0.717) is 6.54 Å². The number of ether oxygens (including phenoxy) is 3. The summed E-state index contributed by atoms with van der Waals surface area (Å²) in [4.78, 5) is 14.3. The van der Waals surface area contributed by atoms with E-state index in [-0.39, 0.29) is 31.3 Å². The van der Waals surface area contributed by atoms with Crippen molar-refractivity contribution in [3.05, 3.63) is 108 Å². The Hall–Kier alpha value is -3.49. The molecule has 0 aliphatic carbocycles. The van der Waals surface area contributed by atoms with Gasteiger partial charge in [-0.1, -0.05) is 92.7 Å². The normalized spacial score (nSPS) is 22.8. The molecule has 0 radical (unpaired) electrons. The van der Waals surface area contributed by atoms with E-state index in [1.54, 1.807) is 0 Å². The molecule has 0 aromatic heterocycles. The van der Waals surface area contributed by atoms with Crippen LogP contribution in [0.25, 0.3) is 11.1 Å². The number of nitrogens with one attached hydrogen (secondary N) is 1. The predicted octanol–water partition coefficient (Wildman–Crippen LogP) is 6.54. The van der Waals surface area contributed by atoms with Crippen LogP contribution in [0.1, 0.15) is 60.8 Å². The average Bonchev–Trinajstić information content (AvgIpc) is 3.04. The number of carbonyl (C=O) groups is 1. The van der Waals surface area contributed by atoms with Crippen LogP contribution in [0.15, 0.2) is 85.5 Å². The molecule has 0 spiro atoms. The van der Waals surface area contributed by atoms with Crippen LogP contribution in [-0.4, -0.2) is 48.4 Å². The van der Waals surface area contributed by atoms with E-state index in [1.165, 1.54) is 25.3 Å². The summed E-state index contributed by atoms with van der Waals surface area (Å²) in [5.74, 6) is 0.174. The van der Waals surface area contributed by atoms with Crippen molar-refractivity contribution in [3.8, 4) is 11.1 Å². The Morgan fingerprint density at radius 2 is 1.71 bits per heavy atom. The van der Waals surface area contributed by atoms with Gasteiger partial charge in [0.2, 0.25) is 0 Å². The first kappa shape index (κ1) is 30.0. The summed E-state index contributed by atoms with van der Waals surface area (Å²) in [7, 11) is 0. The lowest BCUT2D eigenvalue weighted by atomic mass is 9.89. The fourth-order valence-corrected chi connectivity index (χ4v) is 5.78. The van der Waals surface area contributed by atoms with Crippen molar-refractivity contribution in [1.29, 1.82) is 0 Å². The molecule has 2 saturated heterocycles. The van der Waals surface area contributed by atoms with Gasteiger partial charge in [0, 0.05) is 24.6 Å². The van der Waals surface area contributed by atoms with Crippen LogP contribution < -0.4 is 5.32 Å². The molecular weight excluding hydrogens is 528 g/mol. The number of piperidine rings is 1. The second kappa shape index (κ2) is 14.6. The van der Waals surface area contributed by atoms with Crippen LogP contribution in [0.2, 0.25) is 0 Å². The molecule has 4 unspecified atom stereocenters. The van der Waals surface area contributed by atoms with Crippen molar-refractivity contribution < 1.29 is 24.1 Å². The van der Waals surface area contributed by atoms with Crippen molar-refractivity contribution in [2.45, 2.75) is 57.8 Å². The summed E-state index contributed by atoms with van der Waals surface area (Å²) in [5.41, 5.74) is 6.09. The molecule has 2 aliphatic rings. The molecule has 3 aromatic rings. The maximum absolute atomic E-state index is 11.8. The van der Waals surface area contributed by atoms with Crippen LogP contribution in [0.4, 0.5) is 4.79 Å². The molecule has 2 N–H and O–H groups in total. The minimum Gasteiger partial charge on any atom is -0.445 e. The molecule has 222 valence electrons. The van der Waals surface area contributed by atoms with Crippen molar-refractivity contribution in [1.82, 2.24) is 10.2 Å². The van der Waals surface area contributed by atoms with Gasteiger partial charge in [-0.05, 0) is 59.8 Å². The first-order valence-corrected chi connectivity index (χ1v) is 15.0. The summed E-state index contributed by atoms with van der Waals surface area (Å²) in [5, 5.41) is 12.3. The van der Waals surface area contributed by atoms with Gasteiger partial charge in [0.1, 0.15) is 6.61 Å². The van der Waals surface area contributed by atoms with Gasteiger partial charge in [-0.25, -0.2) is 4.79 Å². The highest BCUT2D eigenvalue weighted by Gasteiger charge is 2.39. The molecule has 2 heterocycles. The smallest absolute Gasteiger partial charge is 0.407 e. The molecule has 7 heteroatoms. The number of amides is 1. The van der Waals surface area contributed by atoms with Gasteiger partial charge in [-0.15, -0.1) is 0 Å². The highest BCUT2D eigenvalue weighted by atomic mass is 16.7. The van der Waals surface area contributed by atoms with Crippen LogP contribution in [0.5, 0.6) is 0 Å². The van der Waals surface area contributed by atoms with Crippen molar-refractivity contribution in [2.75, 3.05) is 26.2 Å². The Morgan fingerprint density at radius 1 is 0.976 bits per heavy atom. The lowest BCUT2D eigenvalue weighted by Crippen LogP contribution is -2.45.